The first-order valence-electron chi connectivity index (χ1n) is 7.12. The number of carbonyl (C=O) groups excluding carboxylic acids is 1. The summed E-state index contributed by atoms with van der Waals surface area (Å²) in [6.45, 7) is 0.619. The lowest BCUT2D eigenvalue weighted by atomic mass is 9.98. The zero-order valence-electron chi connectivity index (χ0n) is 12.4. The Bertz CT molecular complexity index is 482. The molecular weight excluding hydrogens is 314 g/mol. The fourth-order valence-electron chi connectivity index (χ4n) is 2.45. The number of rotatable bonds is 5. The number of hydrogen-bond acceptors (Lipinski definition) is 3. The van der Waals surface area contributed by atoms with Crippen LogP contribution in [0.15, 0.2) is 24.3 Å². The molecule has 22 heavy (non-hydrogen) atoms. The molecule has 1 aliphatic rings. The highest BCUT2D eigenvalue weighted by Crippen LogP contribution is 2.21. The zero-order chi connectivity index (χ0) is 15.2. The Kier molecular flexibility index (Phi) is 7.55. The maximum atomic E-state index is 12.2. The molecule has 0 aromatic heterocycles. The number of amides is 1. The van der Waals surface area contributed by atoms with Gasteiger partial charge < -0.3 is 15.4 Å². The van der Waals surface area contributed by atoms with E-state index in [1.54, 1.807) is 12.1 Å². The predicted molar refractivity (Wildman–Crippen MR) is 82.5 cm³/mol. The lowest BCUT2D eigenvalue weighted by Crippen LogP contribution is -2.41. The molecular formula is C15H21ClF2N2O2. The van der Waals surface area contributed by atoms with Gasteiger partial charge in [-0.25, -0.2) is 0 Å². The molecule has 1 aromatic carbocycles. The Morgan fingerprint density at radius 1 is 1.45 bits per heavy atom. The van der Waals surface area contributed by atoms with E-state index in [9.17, 15) is 13.6 Å². The van der Waals surface area contributed by atoms with Gasteiger partial charge in [-0.2, -0.15) is 8.78 Å². The van der Waals surface area contributed by atoms with Gasteiger partial charge in [0.05, 0.1) is 12.0 Å². The molecule has 1 aromatic rings. The second-order valence-electron chi connectivity index (χ2n) is 5.22. The Hall–Kier alpha value is -1.40. The van der Waals surface area contributed by atoms with E-state index >= 15 is 0 Å². The molecule has 2 N–H and O–H groups in total. The number of alkyl halides is 2. The van der Waals surface area contributed by atoms with Gasteiger partial charge in [-0.15, -0.1) is 12.4 Å². The average Bonchev–Trinajstić information content (AvgIpc) is 2.47. The van der Waals surface area contributed by atoms with Gasteiger partial charge in [-0.05, 0) is 44.0 Å². The molecule has 0 bridgehead atoms. The van der Waals surface area contributed by atoms with Crippen LogP contribution in [0.25, 0.3) is 0 Å². The zero-order valence-corrected chi connectivity index (χ0v) is 13.2. The van der Waals surface area contributed by atoms with Gasteiger partial charge in [-0.1, -0.05) is 12.1 Å². The Balaban J connectivity index is 0.00000242. The highest BCUT2D eigenvalue weighted by molar-refractivity contribution is 5.85. The minimum Gasteiger partial charge on any atom is -0.435 e. The summed E-state index contributed by atoms with van der Waals surface area (Å²) in [5.74, 6) is 0.0690. The summed E-state index contributed by atoms with van der Waals surface area (Å²) < 4.78 is 28.8. The van der Waals surface area contributed by atoms with Crippen LogP contribution in [0, 0.1) is 5.92 Å². The molecule has 2 rings (SSSR count). The van der Waals surface area contributed by atoms with E-state index in [4.69, 9.17) is 0 Å². The first kappa shape index (κ1) is 18.6. The largest absolute Gasteiger partial charge is 0.435 e. The molecule has 7 heteroatoms. The van der Waals surface area contributed by atoms with E-state index in [2.05, 4.69) is 15.4 Å². The van der Waals surface area contributed by atoms with Crippen molar-refractivity contribution in [2.24, 2.45) is 5.92 Å². The molecule has 1 heterocycles. The standard InChI is InChI=1S/C15H20F2N2O2.ClH/c1-10(19-14(20)12-5-3-7-18-9-12)11-4-2-6-13(8-11)21-15(16)17;/h2,4,6,8,10,12,15,18H,3,5,7,9H2,1H3,(H,19,20);1H. The molecule has 0 spiro atoms. The monoisotopic (exact) mass is 334 g/mol. The Labute approximate surface area is 135 Å². The van der Waals surface area contributed by atoms with Gasteiger partial charge in [0, 0.05) is 6.54 Å². The van der Waals surface area contributed by atoms with Crippen LogP contribution in [0.2, 0.25) is 0 Å². The van der Waals surface area contributed by atoms with Crippen LogP contribution in [0.3, 0.4) is 0 Å². The van der Waals surface area contributed by atoms with Gasteiger partial charge in [0.2, 0.25) is 5.91 Å². The van der Waals surface area contributed by atoms with E-state index in [1.165, 1.54) is 12.1 Å². The van der Waals surface area contributed by atoms with Gasteiger partial charge in [0.15, 0.2) is 0 Å². The van der Waals surface area contributed by atoms with E-state index < -0.39 is 6.61 Å². The van der Waals surface area contributed by atoms with Crippen LogP contribution in [-0.4, -0.2) is 25.6 Å². The normalized spacial score (nSPS) is 19.2. The second-order valence-corrected chi connectivity index (χ2v) is 5.22. The molecule has 2 unspecified atom stereocenters. The van der Waals surface area contributed by atoms with E-state index in [1.807, 2.05) is 6.92 Å². The number of ether oxygens (including phenoxy) is 1. The summed E-state index contributed by atoms with van der Waals surface area (Å²) in [6.07, 6.45) is 1.87. The molecule has 4 nitrogen and oxygen atoms in total. The van der Waals surface area contributed by atoms with E-state index in [-0.39, 0.29) is 36.0 Å². The topological polar surface area (TPSA) is 50.4 Å². The SMILES string of the molecule is CC(NC(=O)C1CCCNC1)c1cccc(OC(F)F)c1.Cl. The third-order valence-corrected chi connectivity index (χ3v) is 3.61. The lowest BCUT2D eigenvalue weighted by Gasteiger charge is -2.24. The van der Waals surface area contributed by atoms with Gasteiger partial charge in [0.1, 0.15) is 5.75 Å². The number of hydrogen-bond donors (Lipinski definition) is 2. The summed E-state index contributed by atoms with van der Waals surface area (Å²) in [4.78, 5) is 12.1. The van der Waals surface area contributed by atoms with Crippen LogP contribution >= 0.6 is 12.4 Å². The Morgan fingerprint density at radius 3 is 2.86 bits per heavy atom. The minimum absolute atomic E-state index is 0. The van der Waals surface area contributed by atoms with Crippen LogP contribution in [0.4, 0.5) is 8.78 Å². The van der Waals surface area contributed by atoms with Crippen LogP contribution in [0.5, 0.6) is 5.75 Å². The molecule has 0 aliphatic carbocycles. The average molecular weight is 335 g/mol. The molecule has 0 saturated carbocycles. The fourth-order valence-corrected chi connectivity index (χ4v) is 2.45. The van der Waals surface area contributed by atoms with Crippen molar-refractivity contribution < 1.29 is 18.3 Å². The van der Waals surface area contributed by atoms with Crippen molar-refractivity contribution in [3.63, 3.8) is 0 Å². The maximum Gasteiger partial charge on any atom is 0.387 e. The number of nitrogens with one attached hydrogen (secondary N) is 2. The van der Waals surface area contributed by atoms with E-state index in [0.29, 0.717) is 6.54 Å². The van der Waals surface area contributed by atoms with Crippen molar-refractivity contribution >= 4 is 18.3 Å². The van der Waals surface area contributed by atoms with Crippen molar-refractivity contribution in [1.29, 1.82) is 0 Å². The molecule has 0 radical (unpaired) electrons. The van der Waals surface area contributed by atoms with Crippen LogP contribution < -0.4 is 15.4 Å². The highest BCUT2D eigenvalue weighted by atomic mass is 35.5. The van der Waals surface area contributed by atoms with Gasteiger partial charge in [-0.3, -0.25) is 4.79 Å². The quantitative estimate of drug-likeness (QED) is 0.870. The smallest absolute Gasteiger partial charge is 0.387 e. The summed E-state index contributed by atoms with van der Waals surface area (Å²) in [7, 11) is 0. The van der Waals surface area contributed by atoms with Gasteiger partial charge >= 0.3 is 6.61 Å². The Morgan fingerprint density at radius 2 is 2.23 bits per heavy atom. The van der Waals surface area contributed by atoms with E-state index in [0.717, 1.165) is 24.9 Å². The number of piperidine rings is 1. The summed E-state index contributed by atoms with van der Waals surface area (Å²) in [6, 6.07) is 6.16. The fraction of sp³-hybridized carbons (Fsp3) is 0.533. The lowest BCUT2D eigenvalue weighted by molar-refractivity contribution is -0.126. The van der Waals surface area contributed by atoms with Crippen molar-refractivity contribution in [2.45, 2.75) is 32.4 Å². The third kappa shape index (κ3) is 5.42. The van der Waals surface area contributed by atoms with Crippen LogP contribution in [-0.2, 0) is 4.79 Å². The third-order valence-electron chi connectivity index (χ3n) is 3.61. The number of halogens is 3. The summed E-state index contributed by atoms with van der Waals surface area (Å²) in [5, 5.41) is 6.12. The molecule has 1 saturated heterocycles. The summed E-state index contributed by atoms with van der Waals surface area (Å²) >= 11 is 0. The second kappa shape index (κ2) is 8.90. The van der Waals surface area contributed by atoms with Crippen LogP contribution in [0.1, 0.15) is 31.4 Å². The summed E-state index contributed by atoms with van der Waals surface area (Å²) in [5.41, 5.74) is 0.741. The van der Waals surface area contributed by atoms with Crippen molar-refractivity contribution in [3.8, 4) is 5.75 Å². The van der Waals surface area contributed by atoms with Gasteiger partial charge in [0.25, 0.3) is 0 Å². The molecule has 2 atom stereocenters. The maximum absolute atomic E-state index is 12.2. The first-order valence-corrected chi connectivity index (χ1v) is 7.12. The number of carbonyl (C=O) groups is 1. The minimum atomic E-state index is -2.85. The predicted octanol–water partition coefficient (Wildman–Crippen LogP) is 2.89. The van der Waals surface area contributed by atoms with Crippen molar-refractivity contribution in [2.75, 3.05) is 13.1 Å². The highest BCUT2D eigenvalue weighted by Gasteiger charge is 2.22. The molecule has 1 fully saturated rings. The molecule has 1 amide bonds. The van der Waals surface area contributed by atoms with Crippen molar-refractivity contribution in [3.05, 3.63) is 29.8 Å². The molecule has 124 valence electrons. The molecule has 1 aliphatic heterocycles. The number of benzene rings is 1. The van der Waals surface area contributed by atoms with Crippen molar-refractivity contribution in [1.82, 2.24) is 10.6 Å². The first-order chi connectivity index (χ1) is 10.1.